The molecule has 5 nitrogen and oxygen atoms in total. The third-order valence-corrected chi connectivity index (χ3v) is 3.68. The fraction of sp³-hybridized carbons (Fsp3) is 0.316. The summed E-state index contributed by atoms with van der Waals surface area (Å²) >= 11 is 0. The summed E-state index contributed by atoms with van der Waals surface area (Å²) in [5.41, 5.74) is 0.777. The van der Waals surface area contributed by atoms with Crippen molar-refractivity contribution >= 4 is 11.6 Å². The normalized spacial score (nSPS) is 12.0. The quantitative estimate of drug-likeness (QED) is 0.661. The highest BCUT2D eigenvalue weighted by Crippen LogP contribution is 2.22. The van der Waals surface area contributed by atoms with Crippen molar-refractivity contribution < 1.29 is 19.7 Å². The van der Waals surface area contributed by atoms with Crippen LogP contribution < -0.4 is 20.3 Å². The summed E-state index contributed by atoms with van der Waals surface area (Å²) in [4.78, 5) is 13.6. The van der Waals surface area contributed by atoms with Crippen LogP contribution in [0.4, 0.5) is 5.69 Å². The third-order valence-electron chi connectivity index (χ3n) is 3.68. The molecular formula is C19H27N3O2+2. The Balaban J connectivity index is 1.83. The molecule has 0 saturated heterocycles. The number of para-hydroxylation sites is 1. The molecule has 0 fully saturated rings. The van der Waals surface area contributed by atoms with Crippen LogP contribution in [0, 0.1) is 0 Å². The van der Waals surface area contributed by atoms with Crippen molar-refractivity contribution in [3.05, 3.63) is 54.6 Å². The van der Waals surface area contributed by atoms with Gasteiger partial charge < -0.3 is 20.3 Å². The molecule has 24 heavy (non-hydrogen) atoms. The first kappa shape index (κ1) is 18.0. The first-order valence-corrected chi connectivity index (χ1v) is 8.31. The maximum absolute atomic E-state index is 12.2. The van der Waals surface area contributed by atoms with Crippen LogP contribution >= 0.6 is 0 Å². The molecule has 0 bridgehead atoms. The van der Waals surface area contributed by atoms with Crippen molar-refractivity contribution in [1.82, 2.24) is 0 Å². The largest absolute Gasteiger partial charge is 0.457 e. The number of hydrogen-bond acceptors (Lipinski definition) is 2. The Morgan fingerprint density at radius 2 is 1.71 bits per heavy atom. The molecule has 2 aromatic carbocycles. The maximum Gasteiger partial charge on any atom is 0.282 e. The second-order valence-corrected chi connectivity index (χ2v) is 6.20. The lowest BCUT2D eigenvalue weighted by Crippen LogP contribution is -3.10. The van der Waals surface area contributed by atoms with Crippen molar-refractivity contribution in [2.24, 2.45) is 0 Å². The van der Waals surface area contributed by atoms with Gasteiger partial charge in [-0.15, -0.1) is 0 Å². The number of benzene rings is 2. The van der Waals surface area contributed by atoms with Gasteiger partial charge in [0.2, 0.25) is 0 Å². The molecule has 0 spiro atoms. The van der Waals surface area contributed by atoms with Gasteiger partial charge in [-0.3, -0.25) is 4.79 Å². The second-order valence-electron chi connectivity index (χ2n) is 6.20. The van der Waals surface area contributed by atoms with E-state index in [9.17, 15) is 4.79 Å². The Bertz CT molecular complexity index is 627. The van der Waals surface area contributed by atoms with Crippen LogP contribution in [0.2, 0.25) is 0 Å². The zero-order chi connectivity index (χ0) is 17.4. The van der Waals surface area contributed by atoms with Gasteiger partial charge in [0.1, 0.15) is 24.6 Å². The van der Waals surface area contributed by atoms with Crippen LogP contribution in [0.15, 0.2) is 54.6 Å². The second kappa shape index (κ2) is 9.05. The SMILES string of the molecule is C[C@H]([NH2+]CC[NH+](C)C)C(=O)Nc1ccc(Oc2ccccc2)cc1. The van der Waals surface area contributed by atoms with E-state index in [4.69, 9.17) is 4.74 Å². The summed E-state index contributed by atoms with van der Waals surface area (Å²) in [5.74, 6) is 1.55. The van der Waals surface area contributed by atoms with E-state index in [0.29, 0.717) is 0 Å². The van der Waals surface area contributed by atoms with Gasteiger partial charge >= 0.3 is 0 Å². The first-order valence-electron chi connectivity index (χ1n) is 8.31. The van der Waals surface area contributed by atoms with E-state index >= 15 is 0 Å². The van der Waals surface area contributed by atoms with Crippen LogP contribution in [0.3, 0.4) is 0 Å². The number of anilines is 1. The lowest BCUT2D eigenvalue weighted by atomic mass is 10.2. The van der Waals surface area contributed by atoms with Gasteiger partial charge in [0, 0.05) is 5.69 Å². The van der Waals surface area contributed by atoms with Crippen molar-refractivity contribution in [2.45, 2.75) is 13.0 Å². The van der Waals surface area contributed by atoms with Crippen molar-refractivity contribution in [3.63, 3.8) is 0 Å². The molecule has 4 N–H and O–H groups in total. The Morgan fingerprint density at radius 3 is 2.33 bits per heavy atom. The summed E-state index contributed by atoms with van der Waals surface area (Å²) in [7, 11) is 4.22. The van der Waals surface area contributed by atoms with Gasteiger partial charge in [-0.2, -0.15) is 0 Å². The van der Waals surface area contributed by atoms with E-state index in [1.165, 1.54) is 4.90 Å². The molecule has 0 aliphatic rings. The maximum atomic E-state index is 12.2. The predicted molar refractivity (Wildman–Crippen MR) is 95.5 cm³/mol. The summed E-state index contributed by atoms with van der Waals surface area (Å²) in [5, 5.41) is 5.00. The topological polar surface area (TPSA) is 59.4 Å². The molecule has 0 aliphatic carbocycles. The molecule has 0 aliphatic heterocycles. The van der Waals surface area contributed by atoms with Crippen LogP contribution in [-0.2, 0) is 4.79 Å². The molecule has 1 amide bonds. The monoisotopic (exact) mass is 329 g/mol. The highest BCUT2D eigenvalue weighted by molar-refractivity contribution is 5.93. The zero-order valence-corrected chi connectivity index (χ0v) is 14.6. The molecule has 0 unspecified atom stereocenters. The Labute approximate surface area is 143 Å². The van der Waals surface area contributed by atoms with Crippen LogP contribution in [0.1, 0.15) is 6.92 Å². The smallest absolute Gasteiger partial charge is 0.282 e. The molecule has 2 rings (SSSR count). The summed E-state index contributed by atoms with van der Waals surface area (Å²) in [6.45, 7) is 3.89. The van der Waals surface area contributed by atoms with E-state index in [0.717, 1.165) is 30.3 Å². The molecule has 0 saturated carbocycles. The number of quaternary nitrogens is 2. The molecule has 0 aromatic heterocycles. The number of ether oxygens (including phenoxy) is 1. The summed E-state index contributed by atoms with van der Waals surface area (Å²) in [6, 6.07) is 16.9. The van der Waals surface area contributed by atoms with E-state index in [2.05, 4.69) is 24.7 Å². The number of carbonyl (C=O) groups excluding carboxylic acids is 1. The number of hydrogen-bond donors (Lipinski definition) is 3. The van der Waals surface area contributed by atoms with E-state index in [1.54, 1.807) is 0 Å². The van der Waals surface area contributed by atoms with Gasteiger partial charge in [0.15, 0.2) is 6.04 Å². The van der Waals surface area contributed by atoms with E-state index < -0.39 is 0 Å². The Morgan fingerprint density at radius 1 is 1.08 bits per heavy atom. The first-order chi connectivity index (χ1) is 11.5. The summed E-state index contributed by atoms with van der Waals surface area (Å²) < 4.78 is 5.74. The molecule has 0 radical (unpaired) electrons. The van der Waals surface area contributed by atoms with Gasteiger partial charge in [0.25, 0.3) is 5.91 Å². The molecule has 2 aromatic rings. The number of amides is 1. The van der Waals surface area contributed by atoms with E-state index in [-0.39, 0.29) is 11.9 Å². The standard InChI is InChI=1S/C19H25N3O2/c1-15(20-13-14-22(2)3)19(23)21-16-9-11-18(12-10-16)24-17-7-5-4-6-8-17/h4-12,15,20H,13-14H2,1-3H3,(H,21,23)/p+2/t15-/m0/s1. The van der Waals surface area contributed by atoms with Crippen LogP contribution in [0.25, 0.3) is 0 Å². The highest BCUT2D eigenvalue weighted by atomic mass is 16.5. The van der Waals surface area contributed by atoms with Crippen LogP contribution in [-0.4, -0.2) is 39.1 Å². The minimum atomic E-state index is -0.107. The van der Waals surface area contributed by atoms with Crippen molar-refractivity contribution in [3.8, 4) is 11.5 Å². The van der Waals surface area contributed by atoms with Gasteiger partial charge in [-0.25, -0.2) is 0 Å². The average Bonchev–Trinajstić information content (AvgIpc) is 2.57. The van der Waals surface area contributed by atoms with Gasteiger partial charge in [-0.05, 0) is 43.3 Å². The lowest BCUT2D eigenvalue weighted by Gasteiger charge is -2.13. The minimum Gasteiger partial charge on any atom is -0.457 e. The third kappa shape index (κ3) is 6.02. The number of nitrogens with two attached hydrogens (primary N) is 1. The van der Waals surface area contributed by atoms with E-state index in [1.807, 2.05) is 61.5 Å². The fourth-order valence-electron chi connectivity index (χ4n) is 2.22. The Hall–Kier alpha value is -2.37. The molecule has 128 valence electrons. The minimum absolute atomic E-state index is 0.0143. The number of nitrogens with one attached hydrogen (secondary N) is 2. The number of rotatable bonds is 8. The molecule has 0 heterocycles. The zero-order valence-electron chi connectivity index (χ0n) is 14.6. The number of carbonyl (C=O) groups is 1. The van der Waals surface area contributed by atoms with Crippen LogP contribution in [0.5, 0.6) is 11.5 Å². The average molecular weight is 329 g/mol. The predicted octanol–water partition coefficient (Wildman–Crippen LogP) is 0.514. The highest BCUT2D eigenvalue weighted by Gasteiger charge is 2.16. The van der Waals surface area contributed by atoms with Crippen molar-refractivity contribution in [1.29, 1.82) is 0 Å². The van der Waals surface area contributed by atoms with Crippen molar-refractivity contribution in [2.75, 3.05) is 32.5 Å². The Kier molecular flexibility index (Phi) is 6.78. The fourth-order valence-corrected chi connectivity index (χ4v) is 2.22. The lowest BCUT2D eigenvalue weighted by molar-refractivity contribution is -0.875. The molecular weight excluding hydrogens is 302 g/mol. The number of likely N-dealkylation sites (N-methyl/N-ethyl adjacent to an activating group) is 1. The van der Waals surface area contributed by atoms with Gasteiger partial charge in [0.05, 0.1) is 14.1 Å². The summed E-state index contributed by atoms with van der Waals surface area (Å²) in [6.07, 6.45) is 0. The van der Waals surface area contributed by atoms with Gasteiger partial charge in [-0.1, -0.05) is 18.2 Å². The molecule has 1 atom stereocenters. The molecule has 5 heteroatoms.